The van der Waals surface area contributed by atoms with E-state index in [1.165, 1.54) is 140 Å². The maximum atomic E-state index is 4.42. The first-order valence-electron chi connectivity index (χ1n) is 20.9. The molecule has 3 aliphatic rings. The molecule has 4 aromatic carbocycles. The second-order valence-electron chi connectivity index (χ2n) is 17.5. The van der Waals surface area contributed by atoms with Gasteiger partial charge in [0.1, 0.15) is 7.05 Å². The van der Waals surface area contributed by atoms with Gasteiger partial charge in [0.2, 0.25) is 5.69 Å². The van der Waals surface area contributed by atoms with Gasteiger partial charge in [-0.1, -0.05) is 42.9 Å². The highest BCUT2D eigenvalue weighted by atomic mass is 15.0. The van der Waals surface area contributed by atoms with Crippen LogP contribution in [0.25, 0.3) is 21.5 Å². The zero-order chi connectivity index (χ0) is 40.5. The number of aryl methyl sites for hydroxylation is 6. The molecular formula is C54H68N+. The number of fused-ring (bicyclic) bond motifs is 6. The first-order chi connectivity index (χ1) is 25.9. The van der Waals surface area contributed by atoms with Gasteiger partial charge in [-0.15, -0.1) is 0 Å². The Morgan fingerprint density at radius 1 is 0.564 bits per heavy atom. The first kappa shape index (κ1) is 40.4. The van der Waals surface area contributed by atoms with Crippen LogP contribution in [0.3, 0.4) is 0 Å². The molecule has 0 saturated heterocycles. The molecule has 0 aromatic heterocycles. The van der Waals surface area contributed by atoms with Gasteiger partial charge >= 0.3 is 0 Å². The second-order valence-corrected chi connectivity index (χ2v) is 17.5. The summed E-state index contributed by atoms with van der Waals surface area (Å²) in [6.45, 7) is 41.1. The van der Waals surface area contributed by atoms with Gasteiger partial charge in [-0.25, -0.2) is 0 Å². The Morgan fingerprint density at radius 2 is 1.05 bits per heavy atom. The Labute approximate surface area is 334 Å². The molecule has 1 aliphatic heterocycles. The molecule has 1 unspecified atom stereocenters. The van der Waals surface area contributed by atoms with E-state index in [-0.39, 0.29) is 0 Å². The van der Waals surface area contributed by atoms with Gasteiger partial charge in [-0.05, 0) is 240 Å². The molecule has 4 aromatic rings. The quantitative estimate of drug-likeness (QED) is 0.181. The lowest BCUT2D eigenvalue weighted by molar-refractivity contribution is -0.401. The van der Waals surface area contributed by atoms with Crippen LogP contribution < -0.4 is 0 Å². The van der Waals surface area contributed by atoms with Gasteiger partial charge in [-0.2, -0.15) is 4.58 Å². The van der Waals surface area contributed by atoms with E-state index in [9.17, 15) is 0 Å². The molecule has 1 heterocycles. The highest BCUT2D eigenvalue weighted by Gasteiger charge is 2.33. The second kappa shape index (κ2) is 15.0. The van der Waals surface area contributed by atoms with Crippen molar-refractivity contribution in [3.8, 4) is 0 Å². The largest absolute Gasteiger partial charge is 0.212 e. The zero-order valence-electron chi connectivity index (χ0n) is 37.6. The highest BCUT2D eigenvalue weighted by Crippen LogP contribution is 2.48. The minimum absolute atomic E-state index is 0.468. The fourth-order valence-corrected chi connectivity index (χ4v) is 10.5. The third-order valence-corrected chi connectivity index (χ3v) is 15.0. The Balaban J connectivity index is 0.000000197. The van der Waals surface area contributed by atoms with Gasteiger partial charge in [-0.3, -0.25) is 0 Å². The highest BCUT2D eigenvalue weighted by molar-refractivity contribution is 6.06. The number of rotatable bonds is 2. The maximum Gasteiger partial charge on any atom is 0.212 e. The van der Waals surface area contributed by atoms with Crippen LogP contribution in [0.15, 0.2) is 58.7 Å². The van der Waals surface area contributed by atoms with Crippen molar-refractivity contribution in [1.82, 2.24) is 0 Å². The minimum atomic E-state index is 0.468. The Hall–Kier alpha value is -4.23. The molecule has 0 spiro atoms. The van der Waals surface area contributed by atoms with Gasteiger partial charge in [0, 0.05) is 23.1 Å². The summed E-state index contributed by atoms with van der Waals surface area (Å²) in [4.78, 5) is 0. The van der Waals surface area contributed by atoms with Crippen LogP contribution in [0, 0.1) is 83.1 Å². The van der Waals surface area contributed by atoms with Crippen LogP contribution >= 0.6 is 0 Å². The molecule has 0 bridgehead atoms. The third kappa shape index (κ3) is 6.35. The lowest BCUT2D eigenvalue weighted by Gasteiger charge is -2.22. The lowest BCUT2D eigenvalue weighted by atomic mass is 9.82. The molecule has 1 nitrogen and oxygen atoms in total. The maximum absolute atomic E-state index is 4.42. The number of hydrogen-bond acceptors (Lipinski definition) is 0. The van der Waals surface area contributed by atoms with Crippen molar-refractivity contribution in [3.05, 3.63) is 142 Å². The van der Waals surface area contributed by atoms with Crippen molar-refractivity contribution in [3.63, 3.8) is 0 Å². The van der Waals surface area contributed by atoms with Crippen LogP contribution in [0.1, 0.15) is 136 Å². The summed E-state index contributed by atoms with van der Waals surface area (Å²) in [5, 5.41) is 6.00. The summed E-state index contributed by atoms with van der Waals surface area (Å²) in [7, 11) is 2.21. The SMILES string of the molecule is C/C=C/C1=[N+](C)c2c(C)c(C)c3c(C)c(C)c(C)c(C)c3c2C1.C=C1CCCC(C)=C(C)C1=C/C=C1\Cc2c(c(C)c(C)c3c(C)c(C)c(C)c(C)c23)C1C. The number of hydrogen-bond donors (Lipinski definition) is 0. The van der Waals surface area contributed by atoms with Gasteiger partial charge in [0.15, 0.2) is 5.71 Å². The van der Waals surface area contributed by atoms with E-state index in [0.717, 1.165) is 19.3 Å². The fraction of sp³-hybridized carbons (Fsp3) is 0.426. The van der Waals surface area contributed by atoms with Gasteiger partial charge < -0.3 is 0 Å². The number of allylic oxidation sites excluding steroid dienone is 9. The van der Waals surface area contributed by atoms with Crippen molar-refractivity contribution in [2.24, 2.45) is 0 Å². The summed E-state index contributed by atoms with van der Waals surface area (Å²) in [5.74, 6) is 0.468. The zero-order valence-corrected chi connectivity index (χ0v) is 37.6. The summed E-state index contributed by atoms with van der Waals surface area (Å²) in [6.07, 6.45) is 14.8. The van der Waals surface area contributed by atoms with Gasteiger partial charge in [0.25, 0.3) is 0 Å². The molecule has 2 aliphatic carbocycles. The summed E-state index contributed by atoms with van der Waals surface area (Å²) in [5.41, 5.74) is 32.1. The van der Waals surface area contributed by atoms with Crippen molar-refractivity contribution in [2.45, 2.75) is 149 Å². The van der Waals surface area contributed by atoms with Crippen molar-refractivity contribution >= 4 is 32.9 Å². The van der Waals surface area contributed by atoms with Crippen LogP contribution in [0.5, 0.6) is 0 Å². The average Bonchev–Trinajstić information content (AvgIpc) is 3.62. The molecular weight excluding hydrogens is 663 g/mol. The molecule has 7 rings (SSSR count). The van der Waals surface area contributed by atoms with E-state index in [4.69, 9.17) is 0 Å². The molecule has 0 amide bonds. The molecule has 1 atom stereocenters. The molecule has 55 heavy (non-hydrogen) atoms. The predicted octanol–water partition coefficient (Wildman–Crippen LogP) is 14.8. The van der Waals surface area contributed by atoms with Crippen LogP contribution in [0.2, 0.25) is 0 Å². The Kier molecular flexibility index (Phi) is 11.0. The average molecular weight is 731 g/mol. The standard InChI is InChI=1S/C32H40.C22H28N/c1-17-12-11-13-18(2)28(19(17)3)15-14-27-16-29-30(26(27)10)24(8)25(9)31-22(6)20(4)21(5)23(7)32(29)31;1-9-10-18-11-19-21-15(5)13(3)12(2)14(4)20(21)16(6)17(7)22(19)23(18)8/h14-15,26H,2,11-13,16H2,1,3-10H3;9-10H,11H2,1-8H3/q;+1/b27-14+,28-15?;10-9+. The fourth-order valence-electron chi connectivity index (χ4n) is 10.5. The van der Waals surface area contributed by atoms with E-state index in [2.05, 4.69) is 153 Å². The Bertz CT molecular complexity index is 2510. The van der Waals surface area contributed by atoms with Crippen LogP contribution in [-0.4, -0.2) is 17.3 Å². The number of nitrogens with zero attached hydrogens (tertiary/aromatic N) is 1. The predicted molar refractivity (Wildman–Crippen MR) is 244 cm³/mol. The van der Waals surface area contributed by atoms with E-state index >= 15 is 0 Å². The van der Waals surface area contributed by atoms with E-state index < -0.39 is 0 Å². The number of benzene rings is 4. The van der Waals surface area contributed by atoms with Crippen molar-refractivity contribution < 1.29 is 4.58 Å². The molecule has 288 valence electrons. The van der Waals surface area contributed by atoms with E-state index in [1.807, 2.05) is 0 Å². The minimum Gasteiger partial charge on any atom is -0.198 e. The van der Waals surface area contributed by atoms with E-state index in [0.29, 0.717) is 5.92 Å². The summed E-state index contributed by atoms with van der Waals surface area (Å²) >= 11 is 0. The Morgan fingerprint density at radius 3 is 1.60 bits per heavy atom. The van der Waals surface area contributed by atoms with Gasteiger partial charge in [0.05, 0.1) is 6.42 Å². The molecule has 0 radical (unpaired) electrons. The van der Waals surface area contributed by atoms with Crippen molar-refractivity contribution in [2.75, 3.05) is 7.05 Å². The molecule has 0 saturated carbocycles. The first-order valence-corrected chi connectivity index (χ1v) is 20.9. The van der Waals surface area contributed by atoms with Crippen LogP contribution in [0.4, 0.5) is 5.69 Å². The summed E-state index contributed by atoms with van der Waals surface area (Å²) < 4.78 is 2.39. The third-order valence-electron chi connectivity index (χ3n) is 15.0. The monoisotopic (exact) mass is 731 g/mol. The molecule has 0 fully saturated rings. The van der Waals surface area contributed by atoms with Crippen molar-refractivity contribution in [1.29, 1.82) is 0 Å². The summed E-state index contributed by atoms with van der Waals surface area (Å²) in [6, 6.07) is 0. The molecule has 0 N–H and O–H groups in total. The van der Waals surface area contributed by atoms with Crippen LogP contribution in [-0.2, 0) is 12.8 Å². The topological polar surface area (TPSA) is 3.01 Å². The lowest BCUT2D eigenvalue weighted by Crippen LogP contribution is -2.05. The molecule has 1 heteroatoms. The smallest absolute Gasteiger partial charge is 0.198 e. The van der Waals surface area contributed by atoms with E-state index in [1.54, 1.807) is 16.7 Å². The normalized spacial score (nSPS) is 18.7.